The maximum Gasteiger partial charge on any atom is 0.214 e. The second kappa shape index (κ2) is 4.84. The van der Waals surface area contributed by atoms with E-state index in [9.17, 15) is 13.5 Å². The quantitative estimate of drug-likeness (QED) is 0.737. The number of piperidine rings is 1. The number of aliphatic hydroxyl groups is 1. The summed E-state index contributed by atoms with van der Waals surface area (Å²) in [6, 6.07) is 0. The Labute approximate surface area is 103 Å². The van der Waals surface area contributed by atoms with E-state index in [1.54, 1.807) is 6.92 Å². The molecule has 0 bridgehead atoms. The maximum atomic E-state index is 11.7. The Morgan fingerprint density at radius 1 is 1.41 bits per heavy atom. The Balaban J connectivity index is 2.01. The summed E-state index contributed by atoms with van der Waals surface area (Å²) in [5, 5.41) is 13.8. The number of rotatable bonds is 3. The molecule has 2 N–H and O–H groups in total. The molecule has 0 saturated carbocycles. The average molecular weight is 262 g/mol. The predicted molar refractivity (Wildman–Crippen MR) is 66.2 cm³/mol. The lowest BCUT2D eigenvalue weighted by Gasteiger charge is -2.37. The normalized spacial score (nSPS) is 30.2. The van der Waals surface area contributed by atoms with Gasteiger partial charge in [-0.3, -0.25) is 0 Å². The van der Waals surface area contributed by atoms with Crippen LogP contribution in [0.5, 0.6) is 0 Å². The lowest BCUT2D eigenvalue weighted by atomic mass is 9.82. The third-order valence-corrected chi connectivity index (χ3v) is 5.82. The summed E-state index contributed by atoms with van der Waals surface area (Å²) in [7, 11) is -3.10. The van der Waals surface area contributed by atoms with Crippen LogP contribution in [0.2, 0.25) is 0 Å². The molecular formula is C11H22N2O3S. The van der Waals surface area contributed by atoms with Crippen molar-refractivity contribution in [3.63, 3.8) is 0 Å². The smallest absolute Gasteiger partial charge is 0.214 e. The van der Waals surface area contributed by atoms with Gasteiger partial charge >= 0.3 is 0 Å². The fraction of sp³-hybridized carbons (Fsp3) is 1.00. The molecule has 1 unspecified atom stereocenters. The minimum Gasteiger partial charge on any atom is -0.389 e. The van der Waals surface area contributed by atoms with Gasteiger partial charge in [0.25, 0.3) is 0 Å². The van der Waals surface area contributed by atoms with Crippen molar-refractivity contribution in [2.24, 2.45) is 5.92 Å². The van der Waals surface area contributed by atoms with Gasteiger partial charge in [-0.25, -0.2) is 8.42 Å². The second-order valence-electron chi connectivity index (χ2n) is 5.38. The van der Waals surface area contributed by atoms with Crippen LogP contribution in [-0.4, -0.2) is 55.4 Å². The van der Waals surface area contributed by atoms with E-state index in [4.69, 9.17) is 0 Å². The molecule has 0 aromatic carbocycles. The number of nitrogens with one attached hydrogen (secondary N) is 1. The first kappa shape index (κ1) is 13.3. The molecule has 0 aromatic heterocycles. The first-order valence-electron chi connectivity index (χ1n) is 6.33. The van der Waals surface area contributed by atoms with Crippen LogP contribution < -0.4 is 5.32 Å². The molecule has 1 atom stereocenters. The molecule has 0 aliphatic carbocycles. The lowest BCUT2D eigenvalue weighted by Crippen LogP contribution is -2.49. The fourth-order valence-corrected chi connectivity index (χ4v) is 4.42. The van der Waals surface area contributed by atoms with Crippen LogP contribution in [0, 0.1) is 5.92 Å². The number of sulfonamides is 1. The molecule has 6 heteroatoms. The van der Waals surface area contributed by atoms with E-state index in [0.29, 0.717) is 13.0 Å². The Kier molecular flexibility index (Phi) is 3.77. The molecule has 2 rings (SSSR count). The summed E-state index contributed by atoms with van der Waals surface area (Å²) >= 11 is 0. The molecule has 0 spiro atoms. The Morgan fingerprint density at radius 2 is 2.06 bits per heavy atom. The molecule has 2 saturated heterocycles. The Bertz CT molecular complexity index is 361. The van der Waals surface area contributed by atoms with Gasteiger partial charge in [0.05, 0.1) is 11.4 Å². The van der Waals surface area contributed by atoms with Gasteiger partial charge < -0.3 is 10.4 Å². The van der Waals surface area contributed by atoms with Crippen LogP contribution >= 0.6 is 0 Å². The fourth-order valence-electron chi connectivity index (χ4n) is 2.80. The SMILES string of the molecule is CC(O)(CN1CCCS1(=O)=O)C1CCNCC1. The summed E-state index contributed by atoms with van der Waals surface area (Å²) in [5.41, 5.74) is -0.903. The van der Waals surface area contributed by atoms with Gasteiger partial charge in [-0.1, -0.05) is 0 Å². The molecule has 0 radical (unpaired) electrons. The highest BCUT2D eigenvalue weighted by Crippen LogP contribution is 2.28. The van der Waals surface area contributed by atoms with E-state index in [-0.39, 0.29) is 18.2 Å². The maximum absolute atomic E-state index is 11.7. The third-order valence-electron chi connectivity index (χ3n) is 3.92. The highest BCUT2D eigenvalue weighted by atomic mass is 32.2. The first-order chi connectivity index (χ1) is 7.92. The number of hydrogen-bond donors (Lipinski definition) is 2. The van der Waals surface area contributed by atoms with Crippen LogP contribution in [0.15, 0.2) is 0 Å². The van der Waals surface area contributed by atoms with Crippen molar-refractivity contribution in [3.8, 4) is 0 Å². The van der Waals surface area contributed by atoms with E-state index >= 15 is 0 Å². The van der Waals surface area contributed by atoms with Gasteiger partial charge in [-0.05, 0) is 45.2 Å². The molecule has 17 heavy (non-hydrogen) atoms. The van der Waals surface area contributed by atoms with Gasteiger partial charge in [0, 0.05) is 13.1 Å². The molecule has 5 nitrogen and oxygen atoms in total. The molecule has 100 valence electrons. The minimum atomic E-state index is -3.10. The first-order valence-corrected chi connectivity index (χ1v) is 7.94. The zero-order chi connectivity index (χ0) is 12.5. The highest BCUT2D eigenvalue weighted by Gasteiger charge is 2.39. The number of hydrogen-bond acceptors (Lipinski definition) is 4. The zero-order valence-corrected chi connectivity index (χ0v) is 11.2. The van der Waals surface area contributed by atoms with Gasteiger partial charge in [0.1, 0.15) is 0 Å². The van der Waals surface area contributed by atoms with Crippen LogP contribution in [0.1, 0.15) is 26.2 Å². The predicted octanol–water partition coefficient (Wildman–Crippen LogP) is -0.227. The van der Waals surface area contributed by atoms with Crippen molar-refractivity contribution in [3.05, 3.63) is 0 Å². The van der Waals surface area contributed by atoms with Crippen molar-refractivity contribution >= 4 is 10.0 Å². The van der Waals surface area contributed by atoms with E-state index in [2.05, 4.69) is 5.32 Å². The van der Waals surface area contributed by atoms with Crippen LogP contribution in [-0.2, 0) is 10.0 Å². The van der Waals surface area contributed by atoms with Gasteiger partial charge in [0.2, 0.25) is 10.0 Å². The molecule has 2 heterocycles. The standard InChI is InChI=1S/C11H22N2O3S/c1-11(14,10-3-5-12-6-4-10)9-13-7-2-8-17(13,15)16/h10,12,14H,2-9H2,1H3. The van der Waals surface area contributed by atoms with Crippen molar-refractivity contribution in [2.45, 2.75) is 31.8 Å². The number of nitrogens with zero attached hydrogens (tertiary/aromatic N) is 1. The average Bonchev–Trinajstić information content (AvgIpc) is 2.59. The summed E-state index contributed by atoms with van der Waals surface area (Å²) in [6.07, 6.45) is 2.52. The van der Waals surface area contributed by atoms with Gasteiger partial charge in [-0.2, -0.15) is 4.31 Å². The molecule has 0 aromatic rings. The number of β-amino-alcohol motifs (C(OH)–C–C–N with tert-alkyl or cyclic N) is 1. The van der Waals surface area contributed by atoms with E-state index in [1.807, 2.05) is 0 Å². The summed E-state index contributed by atoms with van der Waals surface area (Å²) < 4.78 is 24.9. The van der Waals surface area contributed by atoms with Crippen LogP contribution in [0.4, 0.5) is 0 Å². The van der Waals surface area contributed by atoms with Crippen molar-refractivity contribution in [2.75, 3.05) is 31.9 Å². The lowest BCUT2D eigenvalue weighted by molar-refractivity contribution is -0.0254. The Morgan fingerprint density at radius 3 is 2.59 bits per heavy atom. The van der Waals surface area contributed by atoms with Crippen molar-refractivity contribution in [1.82, 2.24) is 9.62 Å². The van der Waals surface area contributed by atoms with E-state index < -0.39 is 15.6 Å². The Hall–Kier alpha value is -0.170. The van der Waals surface area contributed by atoms with E-state index in [0.717, 1.165) is 25.9 Å². The van der Waals surface area contributed by atoms with Gasteiger partial charge in [-0.15, -0.1) is 0 Å². The zero-order valence-electron chi connectivity index (χ0n) is 10.4. The van der Waals surface area contributed by atoms with Crippen molar-refractivity contribution < 1.29 is 13.5 Å². The topological polar surface area (TPSA) is 69.6 Å². The largest absolute Gasteiger partial charge is 0.389 e. The highest BCUT2D eigenvalue weighted by molar-refractivity contribution is 7.89. The van der Waals surface area contributed by atoms with Crippen LogP contribution in [0.25, 0.3) is 0 Å². The monoisotopic (exact) mass is 262 g/mol. The molecule has 2 aliphatic rings. The molecule has 2 aliphatic heterocycles. The molecular weight excluding hydrogens is 240 g/mol. The minimum absolute atomic E-state index is 0.194. The third kappa shape index (κ3) is 2.99. The van der Waals surface area contributed by atoms with Crippen LogP contribution in [0.3, 0.4) is 0 Å². The summed E-state index contributed by atoms with van der Waals surface area (Å²) in [4.78, 5) is 0. The summed E-state index contributed by atoms with van der Waals surface area (Å²) in [5.74, 6) is 0.425. The second-order valence-corrected chi connectivity index (χ2v) is 7.47. The molecule has 2 fully saturated rings. The van der Waals surface area contributed by atoms with Crippen molar-refractivity contribution in [1.29, 1.82) is 0 Å². The summed E-state index contributed by atoms with van der Waals surface area (Å²) in [6.45, 7) is 4.40. The molecule has 0 amide bonds. The van der Waals surface area contributed by atoms with E-state index in [1.165, 1.54) is 4.31 Å². The van der Waals surface area contributed by atoms with Gasteiger partial charge in [0.15, 0.2) is 0 Å².